The van der Waals surface area contributed by atoms with Crippen LogP contribution >= 0.6 is 0 Å². The summed E-state index contributed by atoms with van der Waals surface area (Å²) in [5, 5.41) is 23.5. The molecule has 1 heterocycles. The van der Waals surface area contributed by atoms with Crippen LogP contribution in [0.1, 0.15) is 42.5 Å². The third-order valence-electron chi connectivity index (χ3n) is 6.05. The van der Waals surface area contributed by atoms with Gasteiger partial charge in [-0.1, -0.05) is 18.6 Å². The van der Waals surface area contributed by atoms with Gasteiger partial charge in [-0.3, -0.25) is 4.79 Å². The van der Waals surface area contributed by atoms with Crippen LogP contribution < -0.4 is 14.8 Å². The highest BCUT2D eigenvalue weighted by Gasteiger charge is 2.46. The lowest BCUT2D eigenvalue weighted by Gasteiger charge is -2.45. The molecule has 0 radical (unpaired) electrons. The first-order chi connectivity index (χ1) is 13.5. The van der Waals surface area contributed by atoms with Gasteiger partial charge in [0.1, 0.15) is 5.78 Å². The number of piperidine rings is 1. The number of fused-ring (bicyclic) bond motifs is 2. The number of phenols is 2. The number of hydrogen-bond acceptors (Lipinski definition) is 6. The lowest BCUT2D eigenvalue weighted by Crippen LogP contribution is -2.50. The average Bonchev–Trinajstić information content (AvgIpc) is 2.69. The number of phenolic OH excluding ortho intramolecular Hbond substituents is 2. The van der Waals surface area contributed by atoms with Gasteiger partial charge in [-0.25, -0.2) is 0 Å². The summed E-state index contributed by atoms with van der Waals surface area (Å²) in [6.45, 7) is 0. The highest BCUT2D eigenvalue weighted by atomic mass is 16.5. The number of ketones is 1. The van der Waals surface area contributed by atoms with Gasteiger partial charge < -0.3 is 25.0 Å². The summed E-state index contributed by atoms with van der Waals surface area (Å²) in [6.07, 6.45) is 2.70. The molecule has 0 spiro atoms. The molecule has 2 bridgehead atoms. The standard InChI is InChI=1S/C22H25NO5/c1-27-18-10-12(6-8-16(18)24)20-14-4-3-5-15(22(14)26)21(23-20)13-7-9-17(25)19(11-13)28-2/h6-11,14-15,20-21,23-25H,3-5H2,1-2H3/t14-,15-,20-,21+/m1/s1. The molecule has 2 aliphatic rings. The Bertz CT molecular complexity index is 827. The van der Waals surface area contributed by atoms with Crippen molar-refractivity contribution < 1.29 is 24.5 Å². The van der Waals surface area contributed by atoms with E-state index in [9.17, 15) is 15.0 Å². The Morgan fingerprint density at radius 3 is 1.75 bits per heavy atom. The van der Waals surface area contributed by atoms with E-state index in [1.165, 1.54) is 14.2 Å². The highest BCUT2D eigenvalue weighted by Crippen LogP contribution is 2.47. The monoisotopic (exact) mass is 383 g/mol. The van der Waals surface area contributed by atoms with E-state index in [2.05, 4.69) is 5.32 Å². The topological polar surface area (TPSA) is 88.0 Å². The SMILES string of the molecule is COc1cc([C@H]2N[C@@H](c3ccc(O)c(OC)c3)[C@H]3CCC[C@H]2C3=O)ccc1O. The molecule has 6 nitrogen and oxygen atoms in total. The number of benzene rings is 2. The van der Waals surface area contributed by atoms with Crippen LogP contribution in [0.4, 0.5) is 0 Å². The average molecular weight is 383 g/mol. The number of hydrogen-bond donors (Lipinski definition) is 3. The predicted octanol–water partition coefficient (Wildman–Crippen LogP) is 3.49. The van der Waals surface area contributed by atoms with Gasteiger partial charge in [0.05, 0.1) is 14.2 Å². The number of ether oxygens (including phenoxy) is 2. The zero-order valence-electron chi connectivity index (χ0n) is 16.0. The van der Waals surface area contributed by atoms with E-state index < -0.39 is 0 Å². The van der Waals surface area contributed by atoms with Gasteiger partial charge in [-0.05, 0) is 48.2 Å². The highest BCUT2D eigenvalue weighted by molar-refractivity contribution is 5.87. The molecule has 28 heavy (non-hydrogen) atoms. The van der Waals surface area contributed by atoms with Crippen molar-refractivity contribution in [2.75, 3.05) is 14.2 Å². The maximum Gasteiger partial charge on any atom is 0.160 e. The van der Waals surface area contributed by atoms with Gasteiger partial charge >= 0.3 is 0 Å². The largest absolute Gasteiger partial charge is 0.504 e. The second kappa shape index (κ2) is 7.36. The van der Waals surface area contributed by atoms with Crippen LogP contribution in [0.15, 0.2) is 36.4 Å². The molecule has 3 N–H and O–H groups in total. The van der Waals surface area contributed by atoms with E-state index in [1.54, 1.807) is 24.3 Å². The predicted molar refractivity (Wildman–Crippen MR) is 104 cm³/mol. The van der Waals surface area contributed by atoms with E-state index in [0.29, 0.717) is 11.5 Å². The first-order valence-electron chi connectivity index (χ1n) is 9.57. The maximum absolute atomic E-state index is 13.2. The molecule has 1 aliphatic carbocycles. The van der Waals surface area contributed by atoms with Crippen molar-refractivity contribution in [3.63, 3.8) is 0 Å². The summed E-state index contributed by atoms with van der Waals surface area (Å²) in [5.41, 5.74) is 1.84. The fraction of sp³-hybridized carbons (Fsp3) is 0.409. The van der Waals surface area contributed by atoms with Crippen LogP contribution in [0.5, 0.6) is 23.0 Å². The van der Waals surface area contributed by atoms with Gasteiger partial charge in [0.15, 0.2) is 23.0 Å². The summed E-state index contributed by atoms with van der Waals surface area (Å²) < 4.78 is 10.5. The van der Waals surface area contributed by atoms with Gasteiger partial charge in [0, 0.05) is 23.9 Å². The van der Waals surface area contributed by atoms with E-state index >= 15 is 0 Å². The number of rotatable bonds is 4. The zero-order valence-corrected chi connectivity index (χ0v) is 16.0. The Hall–Kier alpha value is -2.73. The molecule has 6 heteroatoms. The number of carbonyl (C=O) groups excluding carboxylic acids is 1. The molecule has 148 valence electrons. The number of aromatic hydroxyl groups is 2. The van der Waals surface area contributed by atoms with Crippen molar-refractivity contribution in [3.05, 3.63) is 47.5 Å². The molecule has 1 saturated carbocycles. The van der Waals surface area contributed by atoms with Crippen LogP contribution in [0, 0.1) is 11.8 Å². The smallest absolute Gasteiger partial charge is 0.160 e. The molecule has 4 rings (SSSR count). The minimum Gasteiger partial charge on any atom is -0.504 e. The zero-order chi connectivity index (χ0) is 19.8. The fourth-order valence-electron chi connectivity index (χ4n) is 4.64. The second-order valence-electron chi connectivity index (χ2n) is 7.53. The summed E-state index contributed by atoms with van der Waals surface area (Å²) in [7, 11) is 3.03. The maximum atomic E-state index is 13.2. The third kappa shape index (κ3) is 3.07. The van der Waals surface area contributed by atoms with Crippen molar-refractivity contribution >= 4 is 5.78 Å². The fourth-order valence-corrected chi connectivity index (χ4v) is 4.64. The van der Waals surface area contributed by atoms with E-state index in [1.807, 2.05) is 12.1 Å². The number of carbonyl (C=O) groups is 1. The van der Waals surface area contributed by atoms with Crippen LogP contribution in [0.3, 0.4) is 0 Å². The molecule has 1 saturated heterocycles. The van der Waals surface area contributed by atoms with Crippen molar-refractivity contribution in [1.29, 1.82) is 0 Å². The van der Waals surface area contributed by atoms with Crippen molar-refractivity contribution in [2.24, 2.45) is 11.8 Å². The third-order valence-corrected chi connectivity index (χ3v) is 6.05. The molecule has 0 aromatic heterocycles. The van der Waals surface area contributed by atoms with E-state index in [-0.39, 0.29) is 41.2 Å². The van der Waals surface area contributed by atoms with Crippen molar-refractivity contribution in [1.82, 2.24) is 5.32 Å². The Morgan fingerprint density at radius 2 is 1.32 bits per heavy atom. The number of methoxy groups -OCH3 is 2. The minimum absolute atomic E-state index is 0.0785. The Labute approximate surface area is 164 Å². The summed E-state index contributed by atoms with van der Waals surface area (Å²) in [4.78, 5) is 13.2. The lowest BCUT2D eigenvalue weighted by atomic mass is 9.67. The normalized spacial score (nSPS) is 26.7. The van der Waals surface area contributed by atoms with Crippen LogP contribution in [-0.2, 0) is 4.79 Å². The van der Waals surface area contributed by atoms with Crippen molar-refractivity contribution in [2.45, 2.75) is 31.3 Å². The molecule has 2 aromatic rings. The molecule has 2 fully saturated rings. The quantitative estimate of drug-likeness (QED) is 0.749. The lowest BCUT2D eigenvalue weighted by molar-refractivity contribution is -0.135. The van der Waals surface area contributed by atoms with Crippen LogP contribution in [-0.4, -0.2) is 30.2 Å². The molecule has 2 aromatic carbocycles. The summed E-state index contributed by atoms with van der Waals surface area (Å²) in [5.74, 6) is 1.04. The van der Waals surface area contributed by atoms with Gasteiger partial charge in [0.25, 0.3) is 0 Å². The molecule has 0 unspecified atom stereocenters. The summed E-state index contributed by atoms with van der Waals surface area (Å²) >= 11 is 0. The number of nitrogens with one attached hydrogen (secondary N) is 1. The molecule has 0 amide bonds. The van der Waals surface area contributed by atoms with Gasteiger partial charge in [-0.15, -0.1) is 0 Å². The Kier molecular flexibility index (Phi) is 4.89. The van der Waals surface area contributed by atoms with E-state index in [4.69, 9.17) is 9.47 Å². The minimum atomic E-state index is -0.164. The molecular formula is C22H25NO5. The van der Waals surface area contributed by atoms with Crippen LogP contribution in [0.2, 0.25) is 0 Å². The molecule has 4 atom stereocenters. The van der Waals surface area contributed by atoms with Gasteiger partial charge in [-0.2, -0.15) is 0 Å². The molecular weight excluding hydrogens is 358 g/mol. The Morgan fingerprint density at radius 1 is 0.857 bits per heavy atom. The van der Waals surface area contributed by atoms with Crippen molar-refractivity contribution in [3.8, 4) is 23.0 Å². The van der Waals surface area contributed by atoms with Crippen LogP contribution in [0.25, 0.3) is 0 Å². The Balaban J connectivity index is 1.74. The van der Waals surface area contributed by atoms with Gasteiger partial charge in [0.2, 0.25) is 0 Å². The second-order valence-corrected chi connectivity index (χ2v) is 7.53. The van der Waals surface area contributed by atoms with E-state index in [0.717, 1.165) is 30.4 Å². The first-order valence-corrected chi connectivity index (χ1v) is 9.57. The molecule has 1 aliphatic heterocycles. The first kappa shape index (κ1) is 18.6. The summed E-state index contributed by atoms with van der Waals surface area (Å²) in [6, 6.07) is 10.2. The number of Topliss-reactive ketones (excluding diaryl/α,β-unsaturated/α-hetero) is 1.